The maximum Gasteiger partial charge on any atom is 0.218 e. The van der Waals surface area contributed by atoms with Gasteiger partial charge in [-0.05, 0) is 19.8 Å². The van der Waals surface area contributed by atoms with Crippen LogP contribution in [-0.4, -0.2) is 16.1 Å². The van der Waals surface area contributed by atoms with Gasteiger partial charge in [-0.3, -0.25) is 0 Å². The summed E-state index contributed by atoms with van der Waals surface area (Å²) in [6.45, 7) is 1.80. The molecule has 1 aromatic heterocycles. The third-order valence-corrected chi connectivity index (χ3v) is 1.79. The van der Waals surface area contributed by atoms with E-state index in [0.29, 0.717) is 23.0 Å². The average Bonchev–Trinajstić information content (AvgIpc) is 2.68. The van der Waals surface area contributed by atoms with Crippen LogP contribution in [0.3, 0.4) is 0 Å². The van der Waals surface area contributed by atoms with Crippen LogP contribution in [0.2, 0.25) is 5.15 Å². The number of hydrogen-bond acceptors (Lipinski definition) is 3. The van der Waals surface area contributed by atoms with E-state index in [-0.39, 0.29) is 0 Å². The fraction of sp³-hybridized carbons (Fsp3) is 0.500. The predicted molar refractivity (Wildman–Crippen MR) is 45.4 cm³/mol. The molecule has 0 atom stereocenters. The second kappa shape index (κ2) is 2.90. The molecule has 0 saturated heterocycles. The van der Waals surface area contributed by atoms with Crippen molar-refractivity contribution in [2.75, 3.05) is 0 Å². The van der Waals surface area contributed by atoms with E-state index in [1.807, 2.05) is 0 Å². The Morgan fingerprint density at radius 3 is 2.83 bits per heavy atom. The van der Waals surface area contributed by atoms with Crippen molar-refractivity contribution in [3.05, 3.63) is 17.0 Å². The number of aryl methyl sites for hydroxylation is 1. The van der Waals surface area contributed by atoms with Gasteiger partial charge in [-0.2, -0.15) is 4.98 Å². The number of rotatable bonds is 2. The summed E-state index contributed by atoms with van der Waals surface area (Å²) in [4.78, 5) is 8.03. The Kier molecular flexibility index (Phi) is 1.89. The van der Waals surface area contributed by atoms with E-state index in [9.17, 15) is 0 Å². The van der Waals surface area contributed by atoms with Crippen LogP contribution >= 0.6 is 11.6 Å². The van der Waals surface area contributed by atoms with E-state index < -0.39 is 0 Å². The third-order valence-electron chi connectivity index (χ3n) is 1.59. The lowest BCUT2D eigenvalue weighted by Crippen LogP contribution is -2.00. The third kappa shape index (κ3) is 1.85. The van der Waals surface area contributed by atoms with E-state index >= 15 is 0 Å². The molecule has 1 saturated carbocycles. The Balaban J connectivity index is 2.18. The summed E-state index contributed by atoms with van der Waals surface area (Å²) in [5.74, 6) is 1.24. The van der Waals surface area contributed by atoms with Crippen LogP contribution in [0.5, 0.6) is 5.88 Å². The Hall–Kier alpha value is -0.830. The Labute approximate surface area is 75.7 Å². The van der Waals surface area contributed by atoms with Crippen molar-refractivity contribution in [3.8, 4) is 5.88 Å². The molecule has 4 heteroatoms. The number of hydrogen-bond donors (Lipinski definition) is 0. The van der Waals surface area contributed by atoms with Crippen LogP contribution in [0.1, 0.15) is 18.7 Å². The highest BCUT2D eigenvalue weighted by atomic mass is 35.5. The number of aromatic nitrogens is 2. The standard InChI is InChI=1S/C8H9ClN2O/c1-5-10-7(9)4-8(11-5)12-6-2-3-6/h4,6H,2-3H2,1H3. The van der Waals surface area contributed by atoms with Gasteiger partial charge >= 0.3 is 0 Å². The second-order valence-electron chi connectivity index (χ2n) is 2.89. The highest BCUT2D eigenvalue weighted by Crippen LogP contribution is 2.26. The van der Waals surface area contributed by atoms with Gasteiger partial charge in [-0.15, -0.1) is 0 Å². The Morgan fingerprint density at radius 2 is 2.25 bits per heavy atom. The van der Waals surface area contributed by atoms with Crippen molar-refractivity contribution in [2.45, 2.75) is 25.9 Å². The molecule has 0 unspecified atom stereocenters. The molecule has 3 nitrogen and oxygen atoms in total. The van der Waals surface area contributed by atoms with E-state index in [2.05, 4.69) is 9.97 Å². The molecule has 2 rings (SSSR count). The maximum absolute atomic E-state index is 5.72. The van der Waals surface area contributed by atoms with Crippen molar-refractivity contribution in [3.63, 3.8) is 0 Å². The molecule has 1 fully saturated rings. The van der Waals surface area contributed by atoms with Crippen LogP contribution in [0.25, 0.3) is 0 Å². The van der Waals surface area contributed by atoms with E-state index in [4.69, 9.17) is 16.3 Å². The average molecular weight is 185 g/mol. The van der Waals surface area contributed by atoms with Gasteiger partial charge in [0.05, 0.1) is 0 Å². The Bertz CT molecular complexity index is 279. The zero-order valence-electron chi connectivity index (χ0n) is 6.75. The summed E-state index contributed by atoms with van der Waals surface area (Å²) in [6.07, 6.45) is 2.61. The minimum Gasteiger partial charge on any atom is -0.474 e. The van der Waals surface area contributed by atoms with Crippen molar-refractivity contribution < 1.29 is 4.74 Å². The number of nitrogens with zero attached hydrogens (tertiary/aromatic N) is 2. The van der Waals surface area contributed by atoms with Crippen LogP contribution in [0, 0.1) is 6.92 Å². The molecule has 1 aliphatic rings. The second-order valence-corrected chi connectivity index (χ2v) is 3.28. The quantitative estimate of drug-likeness (QED) is 0.660. The minimum atomic E-state index is 0.357. The molecule has 1 aliphatic carbocycles. The molecule has 0 amide bonds. The van der Waals surface area contributed by atoms with E-state index in [0.717, 1.165) is 12.8 Å². The van der Waals surface area contributed by atoms with Crippen molar-refractivity contribution in [1.82, 2.24) is 9.97 Å². The van der Waals surface area contributed by atoms with Gasteiger partial charge in [0.1, 0.15) is 17.1 Å². The summed E-state index contributed by atoms with van der Waals surface area (Å²) in [5, 5.41) is 0.443. The summed E-state index contributed by atoms with van der Waals surface area (Å²) >= 11 is 5.72. The first-order valence-electron chi connectivity index (χ1n) is 3.92. The van der Waals surface area contributed by atoms with Crippen molar-refractivity contribution >= 4 is 11.6 Å². The largest absolute Gasteiger partial charge is 0.474 e. The fourth-order valence-electron chi connectivity index (χ4n) is 0.923. The molecular formula is C8H9ClN2O. The van der Waals surface area contributed by atoms with E-state index in [1.165, 1.54) is 0 Å². The van der Waals surface area contributed by atoms with Gasteiger partial charge < -0.3 is 4.74 Å². The summed E-state index contributed by atoms with van der Waals surface area (Å²) in [6, 6.07) is 1.65. The van der Waals surface area contributed by atoms with E-state index in [1.54, 1.807) is 13.0 Å². The molecule has 64 valence electrons. The van der Waals surface area contributed by atoms with Crippen LogP contribution in [0.15, 0.2) is 6.07 Å². The SMILES string of the molecule is Cc1nc(Cl)cc(OC2CC2)n1. The molecular weight excluding hydrogens is 176 g/mol. The molecule has 0 N–H and O–H groups in total. The van der Waals surface area contributed by atoms with Gasteiger partial charge in [0.2, 0.25) is 5.88 Å². The lowest BCUT2D eigenvalue weighted by molar-refractivity contribution is 0.290. The van der Waals surface area contributed by atoms with Gasteiger partial charge in [0, 0.05) is 6.07 Å². The van der Waals surface area contributed by atoms with Crippen LogP contribution < -0.4 is 4.74 Å². The van der Waals surface area contributed by atoms with Crippen molar-refractivity contribution in [1.29, 1.82) is 0 Å². The van der Waals surface area contributed by atoms with Crippen LogP contribution in [-0.2, 0) is 0 Å². The van der Waals surface area contributed by atoms with Gasteiger partial charge in [0.15, 0.2) is 0 Å². The lowest BCUT2D eigenvalue weighted by atomic mass is 10.6. The highest BCUT2D eigenvalue weighted by Gasteiger charge is 2.24. The molecule has 1 heterocycles. The molecule has 0 aliphatic heterocycles. The Morgan fingerprint density at radius 1 is 1.50 bits per heavy atom. The van der Waals surface area contributed by atoms with Crippen LogP contribution in [0.4, 0.5) is 0 Å². The predicted octanol–water partition coefficient (Wildman–Crippen LogP) is 1.98. The molecule has 0 bridgehead atoms. The fourth-order valence-corrected chi connectivity index (χ4v) is 1.14. The first-order valence-corrected chi connectivity index (χ1v) is 4.30. The topological polar surface area (TPSA) is 35.0 Å². The molecule has 0 aromatic carbocycles. The summed E-state index contributed by atoms with van der Waals surface area (Å²) in [5.41, 5.74) is 0. The zero-order valence-corrected chi connectivity index (χ0v) is 7.51. The highest BCUT2D eigenvalue weighted by molar-refractivity contribution is 6.29. The summed E-state index contributed by atoms with van der Waals surface area (Å²) in [7, 11) is 0. The summed E-state index contributed by atoms with van der Waals surface area (Å²) < 4.78 is 5.45. The van der Waals surface area contributed by atoms with Gasteiger partial charge in [-0.25, -0.2) is 4.98 Å². The zero-order chi connectivity index (χ0) is 8.55. The molecule has 0 spiro atoms. The monoisotopic (exact) mass is 184 g/mol. The maximum atomic E-state index is 5.72. The number of halogens is 1. The molecule has 12 heavy (non-hydrogen) atoms. The smallest absolute Gasteiger partial charge is 0.218 e. The molecule has 0 radical (unpaired) electrons. The number of ether oxygens (including phenoxy) is 1. The first-order chi connectivity index (χ1) is 5.74. The molecule has 1 aromatic rings. The minimum absolute atomic E-state index is 0.357. The van der Waals surface area contributed by atoms with Gasteiger partial charge in [0.25, 0.3) is 0 Å². The van der Waals surface area contributed by atoms with Crippen molar-refractivity contribution in [2.24, 2.45) is 0 Å². The normalized spacial score (nSPS) is 16.2. The van der Waals surface area contributed by atoms with Gasteiger partial charge in [-0.1, -0.05) is 11.6 Å². The lowest BCUT2D eigenvalue weighted by Gasteiger charge is -2.03. The first kappa shape index (κ1) is 7.80.